The van der Waals surface area contributed by atoms with E-state index in [4.69, 9.17) is 0 Å². The van der Waals surface area contributed by atoms with Gasteiger partial charge in [-0.1, -0.05) is 42.5 Å². The molecule has 2 N–H and O–H groups in total. The van der Waals surface area contributed by atoms with Crippen LogP contribution in [0.3, 0.4) is 0 Å². The third kappa shape index (κ3) is 3.90. The van der Waals surface area contributed by atoms with Gasteiger partial charge in [-0.2, -0.15) is 0 Å². The van der Waals surface area contributed by atoms with Crippen LogP contribution in [0.25, 0.3) is 11.1 Å². The van der Waals surface area contributed by atoms with Crippen LogP contribution in [-0.4, -0.2) is 35.7 Å². The highest BCUT2D eigenvalue weighted by Crippen LogP contribution is 2.22. The number of rotatable bonds is 3. The van der Waals surface area contributed by atoms with Crippen LogP contribution in [0.5, 0.6) is 0 Å². The van der Waals surface area contributed by atoms with Crippen molar-refractivity contribution in [1.82, 2.24) is 4.90 Å². The predicted octanol–water partition coefficient (Wildman–Crippen LogP) is 3.59. The minimum atomic E-state index is -0.0874. The minimum Gasteiger partial charge on any atom is -0.396 e. The lowest BCUT2D eigenvalue weighted by Gasteiger charge is -2.31. The van der Waals surface area contributed by atoms with Crippen molar-refractivity contribution < 1.29 is 9.90 Å². The highest BCUT2D eigenvalue weighted by molar-refractivity contribution is 5.89. The van der Waals surface area contributed by atoms with E-state index in [1.807, 2.05) is 42.5 Å². The molecule has 2 aromatic rings. The van der Waals surface area contributed by atoms with E-state index in [1.165, 1.54) is 0 Å². The molecular formula is C19H22N2O2. The van der Waals surface area contributed by atoms with Crippen molar-refractivity contribution in [3.05, 3.63) is 54.6 Å². The van der Waals surface area contributed by atoms with Gasteiger partial charge in [-0.15, -0.1) is 0 Å². The lowest BCUT2D eigenvalue weighted by Crippen LogP contribution is -2.43. The monoisotopic (exact) mass is 310 g/mol. The molecule has 3 rings (SSSR count). The van der Waals surface area contributed by atoms with E-state index in [2.05, 4.69) is 17.4 Å². The third-order valence-electron chi connectivity index (χ3n) is 4.31. The predicted molar refractivity (Wildman–Crippen MR) is 92.3 cm³/mol. The molecule has 1 saturated heterocycles. The maximum atomic E-state index is 12.3. The summed E-state index contributed by atoms with van der Waals surface area (Å²) in [5, 5.41) is 12.2. The van der Waals surface area contributed by atoms with E-state index >= 15 is 0 Å². The maximum Gasteiger partial charge on any atom is 0.321 e. The SMILES string of the molecule is O=C(Nc1ccc(-c2ccccc2)cc1)N1CCCC(CO)C1. The number of hydrogen-bond donors (Lipinski definition) is 2. The van der Waals surface area contributed by atoms with E-state index in [0.717, 1.165) is 36.2 Å². The van der Waals surface area contributed by atoms with Crippen LogP contribution < -0.4 is 5.32 Å². The zero-order valence-corrected chi connectivity index (χ0v) is 13.1. The van der Waals surface area contributed by atoms with Crippen molar-refractivity contribution in [2.75, 3.05) is 25.0 Å². The first-order valence-corrected chi connectivity index (χ1v) is 8.08. The Kier molecular flexibility index (Phi) is 4.93. The fraction of sp³-hybridized carbons (Fsp3) is 0.316. The van der Waals surface area contributed by atoms with Crippen LogP contribution in [0.4, 0.5) is 10.5 Å². The molecule has 1 aliphatic rings. The number of aliphatic hydroxyl groups is 1. The number of nitrogens with zero attached hydrogens (tertiary/aromatic N) is 1. The average molecular weight is 310 g/mol. The van der Waals surface area contributed by atoms with Gasteiger partial charge in [0.15, 0.2) is 0 Å². The number of likely N-dealkylation sites (tertiary alicyclic amines) is 1. The molecule has 1 atom stereocenters. The van der Waals surface area contributed by atoms with Crippen LogP contribution >= 0.6 is 0 Å². The number of amides is 2. The van der Waals surface area contributed by atoms with Gasteiger partial charge in [0.2, 0.25) is 0 Å². The number of piperidine rings is 1. The van der Waals surface area contributed by atoms with Gasteiger partial charge in [0.25, 0.3) is 0 Å². The number of benzene rings is 2. The molecule has 2 aromatic carbocycles. The Morgan fingerprint density at radius 1 is 1.09 bits per heavy atom. The summed E-state index contributed by atoms with van der Waals surface area (Å²) in [5.41, 5.74) is 3.08. The summed E-state index contributed by atoms with van der Waals surface area (Å²) < 4.78 is 0. The molecule has 0 aliphatic carbocycles. The summed E-state index contributed by atoms with van der Waals surface area (Å²) in [4.78, 5) is 14.1. The Bertz CT molecular complexity index is 640. The molecule has 1 heterocycles. The number of nitrogens with one attached hydrogen (secondary N) is 1. The number of hydrogen-bond acceptors (Lipinski definition) is 2. The molecule has 2 amide bonds. The smallest absolute Gasteiger partial charge is 0.321 e. The van der Waals surface area contributed by atoms with E-state index in [1.54, 1.807) is 4.90 Å². The molecule has 0 aromatic heterocycles. The molecule has 0 bridgehead atoms. The molecule has 1 unspecified atom stereocenters. The Morgan fingerprint density at radius 2 is 1.78 bits per heavy atom. The zero-order valence-electron chi connectivity index (χ0n) is 13.1. The summed E-state index contributed by atoms with van der Waals surface area (Å²) in [6.07, 6.45) is 1.94. The molecule has 0 radical (unpaired) electrons. The van der Waals surface area contributed by atoms with Crippen molar-refractivity contribution in [2.45, 2.75) is 12.8 Å². The van der Waals surface area contributed by atoms with Crippen LogP contribution in [0.15, 0.2) is 54.6 Å². The fourth-order valence-electron chi connectivity index (χ4n) is 2.98. The highest BCUT2D eigenvalue weighted by Gasteiger charge is 2.23. The molecule has 120 valence electrons. The van der Waals surface area contributed by atoms with Crippen LogP contribution in [-0.2, 0) is 0 Å². The molecule has 1 fully saturated rings. The van der Waals surface area contributed by atoms with Crippen LogP contribution in [0.2, 0.25) is 0 Å². The Hall–Kier alpha value is -2.33. The molecule has 4 nitrogen and oxygen atoms in total. The summed E-state index contributed by atoms with van der Waals surface area (Å²) in [6.45, 7) is 1.53. The largest absolute Gasteiger partial charge is 0.396 e. The number of urea groups is 1. The summed E-state index contributed by atoms with van der Waals surface area (Å²) in [5.74, 6) is 0.204. The Morgan fingerprint density at radius 3 is 2.48 bits per heavy atom. The second-order valence-electron chi connectivity index (χ2n) is 6.01. The molecule has 23 heavy (non-hydrogen) atoms. The first-order chi connectivity index (χ1) is 11.3. The zero-order chi connectivity index (χ0) is 16.1. The summed E-state index contributed by atoms with van der Waals surface area (Å²) in [7, 11) is 0. The van der Waals surface area contributed by atoms with Gasteiger partial charge in [0.1, 0.15) is 0 Å². The first-order valence-electron chi connectivity index (χ1n) is 8.08. The van der Waals surface area contributed by atoms with Gasteiger partial charge >= 0.3 is 6.03 Å². The van der Waals surface area contributed by atoms with Gasteiger partial charge in [0, 0.05) is 25.4 Å². The van der Waals surface area contributed by atoms with E-state index in [0.29, 0.717) is 6.54 Å². The van der Waals surface area contributed by atoms with Gasteiger partial charge in [-0.3, -0.25) is 0 Å². The molecule has 0 spiro atoms. The summed E-state index contributed by atoms with van der Waals surface area (Å²) >= 11 is 0. The van der Waals surface area contributed by atoms with Crippen molar-refractivity contribution in [2.24, 2.45) is 5.92 Å². The topological polar surface area (TPSA) is 52.6 Å². The third-order valence-corrected chi connectivity index (χ3v) is 4.31. The number of carbonyl (C=O) groups is 1. The average Bonchev–Trinajstić information content (AvgIpc) is 2.63. The Balaban J connectivity index is 1.63. The van der Waals surface area contributed by atoms with Crippen molar-refractivity contribution in [1.29, 1.82) is 0 Å². The molecule has 0 saturated carbocycles. The van der Waals surface area contributed by atoms with E-state index in [-0.39, 0.29) is 18.6 Å². The minimum absolute atomic E-state index is 0.0874. The molecule has 1 aliphatic heterocycles. The number of carbonyl (C=O) groups excluding carboxylic acids is 1. The van der Waals surface area contributed by atoms with Crippen molar-refractivity contribution >= 4 is 11.7 Å². The van der Waals surface area contributed by atoms with E-state index in [9.17, 15) is 9.90 Å². The second kappa shape index (κ2) is 7.29. The highest BCUT2D eigenvalue weighted by atomic mass is 16.3. The quantitative estimate of drug-likeness (QED) is 0.910. The second-order valence-corrected chi connectivity index (χ2v) is 6.01. The number of aliphatic hydroxyl groups excluding tert-OH is 1. The summed E-state index contributed by atoms with van der Waals surface area (Å²) in [6, 6.07) is 17.9. The normalized spacial score (nSPS) is 17.8. The maximum absolute atomic E-state index is 12.3. The van der Waals surface area contributed by atoms with Gasteiger partial charge in [-0.25, -0.2) is 4.79 Å². The number of anilines is 1. The van der Waals surface area contributed by atoms with Gasteiger partial charge in [0.05, 0.1) is 0 Å². The van der Waals surface area contributed by atoms with Crippen LogP contribution in [0.1, 0.15) is 12.8 Å². The lowest BCUT2D eigenvalue weighted by atomic mass is 9.99. The lowest BCUT2D eigenvalue weighted by molar-refractivity contribution is 0.136. The first kappa shape index (κ1) is 15.6. The van der Waals surface area contributed by atoms with Gasteiger partial charge < -0.3 is 15.3 Å². The van der Waals surface area contributed by atoms with Crippen molar-refractivity contribution in [3.63, 3.8) is 0 Å². The van der Waals surface area contributed by atoms with E-state index < -0.39 is 0 Å². The van der Waals surface area contributed by atoms with Crippen LogP contribution in [0, 0.1) is 5.92 Å². The fourth-order valence-corrected chi connectivity index (χ4v) is 2.98. The van der Waals surface area contributed by atoms with Gasteiger partial charge in [-0.05, 0) is 42.0 Å². The van der Waals surface area contributed by atoms with Crippen molar-refractivity contribution in [3.8, 4) is 11.1 Å². The molecular weight excluding hydrogens is 288 g/mol. The molecule has 4 heteroatoms. The standard InChI is InChI=1S/C19H22N2O2/c22-14-15-5-4-12-21(13-15)19(23)20-18-10-8-17(9-11-18)16-6-2-1-3-7-16/h1-3,6-11,15,22H,4-5,12-14H2,(H,20,23). The Labute approximate surface area is 136 Å².